The smallest absolute Gasteiger partial charge is 0.263 e. The van der Waals surface area contributed by atoms with E-state index < -0.39 is 15.8 Å². The number of halogens is 1. The van der Waals surface area contributed by atoms with Crippen molar-refractivity contribution in [3.63, 3.8) is 0 Å². The van der Waals surface area contributed by atoms with E-state index in [9.17, 15) is 17.6 Å². The molecule has 2 aromatic carbocycles. The molecule has 0 atom stereocenters. The van der Waals surface area contributed by atoms with Gasteiger partial charge in [-0.1, -0.05) is 11.6 Å². The van der Waals surface area contributed by atoms with E-state index in [0.29, 0.717) is 31.3 Å². The Labute approximate surface area is 184 Å². The van der Waals surface area contributed by atoms with Crippen LogP contribution in [-0.4, -0.2) is 50.4 Å². The first kappa shape index (κ1) is 21.3. The normalized spacial score (nSPS) is 14.5. The number of hydrogen-bond acceptors (Lipinski definition) is 6. The maximum Gasteiger partial charge on any atom is 0.263 e. The molecule has 3 aromatic rings. The Hall–Kier alpha value is -2.98. The minimum Gasteiger partial charge on any atom is -0.368 e. The Balaban J connectivity index is 1.40. The van der Waals surface area contributed by atoms with E-state index in [-0.39, 0.29) is 16.4 Å². The van der Waals surface area contributed by atoms with Gasteiger partial charge in [0.15, 0.2) is 5.13 Å². The van der Waals surface area contributed by atoms with E-state index in [1.54, 1.807) is 46.7 Å². The second kappa shape index (κ2) is 8.64. The lowest BCUT2D eigenvalue weighted by atomic mass is 10.1. The Morgan fingerprint density at radius 2 is 1.81 bits per heavy atom. The molecule has 0 bridgehead atoms. The summed E-state index contributed by atoms with van der Waals surface area (Å²) in [6, 6.07) is 11.1. The third-order valence-corrected chi connectivity index (χ3v) is 7.26. The summed E-state index contributed by atoms with van der Waals surface area (Å²) in [5, 5.41) is 2.01. The number of hydrogen-bond donors (Lipinski definition) is 1. The van der Waals surface area contributed by atoms with Gasteiger partial charge >= 0.3 is 0 Å². The van der Waals surface area contributed by atoms with Gasteiger partial charge in [0.2, 0.25) is 0 Å². The molecule has 31 heavy (non-hydrogen) atoms. The highest BCUT2D eigenvalue weighted by molar-refractivity contribution is 7.93. The molecular formula is C21H21FN4O3S2. The zero-order valence-corrected chi connectivity index (χ0v) is 18.4. The largest absolute Gasteiger partial charge is 0.368 e. The first-order valence-electron chi connectivity index (χ1n) is 9.66. The number of anilines is 2. The predicted molar refractivity (Wildman–Crippen MR) is 119 cm³/mol. The molecule has 1 aliphatic heterocycles. The van der Waals surface area contributed by atoms with Crippen LogP contribution in [0.5, 0.6) is 0 Å². The minimum absolute atomic E-state index is 0.0933. The van der Waals surface area contributed by atoms with Crippen LogP contribution in [0.1, 0.15) is 15.9 Å². The number of sulfonamides is 1. The zero-order valence-electron chi connectivity index (χ0n) is 16.8. The molecule has 4 rings (SSSR count). The maximum absolute atomic E-state index is 14.1. The van der Waals surface area contributed by atoms with Crippen molar-refractivity contribution in [2.24, 2.45) is 0 Å². The molecule has 7 nitrogen and oxygen atoms in total. The minimum atomic E-state index is -3.70. The number of piperazine rings is 1. The third-order valence-electron chi connectivity index (χ3n) is 5.09. The number of nitrogens with zero attached hydrogens (tertiary/aromatic N) is 3. The molecule has 0 aliphatic carbocycles. The van der Waals surface area contributed by atoms with Crippen molar-refractivity contribution in [3.05, 3.63) is 71.0 Å². The van der Waals surface area contributed by atoms with Gasteiger partial charge in [0.05, 0.1) is 10.5 Å². The van der Waals surface area contributed by atoms with E-state index in [0.717, 1.165) is 11.3 Å². The Bertz CT molecular complexity index is 1170. The van der Waals surface area contributed by atoms with Crippen LogP contribution in [0, 0.1) is 12.7 Å². The average Bonchev–Trinajstić information content (AvgIpc) is 3.27. The standard InChI is InChI=1S/C21H21FN4O3S2/c1-15-2-7-19(22)18(14-15)20(27)26-11-9-25(10-12-26)16-3-5-17(6-4-16)31(28,29)24-21-23-8-13-30-21/h2-8,13-14H,9-12H2,1H3,(H,23,24). The molecule has 1 saturated heterocycles. The number of aryl methyl sites for hydroxylation is 1. The lowest BCUT2D eigenvalue weighted by Gasteiger charge is -2.36. The number of nitrogens with one attached hydrogen (secondary N) is 1. The number of aromatic nitrogens is 1. The molecule has 2 heterocycles. The molecule has 1 aliphatic rings. The van der Waals surface area contributed by atoms with Crippen LogP contribution in [0.25, 0.3) is 0 Å². The highest BCUT2D eigenvalue weighted by atomic mass is 32.2. The fourth-order valence-corrected chi connectivity index (χ4v) is 5.21. The summed E-state index contributed by atoms with van der Waals surface area (Å²) >= 11 is 1.21. The molecular weight excluding hydrogens is 439 g/mol. The molecule has 0 spiro atoms. The molecule has 1 fully saturated rings. The quantitative estimate of drug-likeness (QED) is 0.631. The summed E-state index contributed by atoms with van der Waals surface area (Å²) in [5.41, 5.74) is 1.79. The number of carbonyl (C=O) groups excluding carboxylic acids is 1. The second-order valence-electron chi connectivity index (χ2n) is 7.20. The predicted octanol–water partition coefficient (Wildman–Crippen LogP) is 3.35. The maximum atomic E-state index is 14.1. The summed E-state index contributed by atoms with van der Waals surface area (Å²) in [7, 11) is -3.70. The van der Waals surface area contributed by atoms with E-state index in [1.165, 1.54) is 23.6 Å². The number of carbonyl (C=O) groups is 1. The Morgan fingerprint density at radius 1 is 1.10 bits per heavy atom. The molecule has 162 valence electrons. The lowest BCUT2D eigenvalue weighted by molar-refractivity contribution is 0.0742. The summed E-state index contributed by atoms with van der Waals surface area (Å²) in [6.45, 7) is 3.88. The van der Waals surface area contributed by atoms with Gasteiger partial charge in [-0.25, -0.2) is 17.8 Å². The van der Waals surface area contributed by atoms with E-state index >= 15 is 0 Å². The van der Waals surface area contributed by atoms with Gasteiger partial charge < -0.3 is 9.80 Å². The Morgan fingerprint density at radius 3 is 2.45 bits per heavy atom. The van der Waals surface area contributed by atoms with Crippen molar-refractivity contribution in [1.29, 1.82) is 0 Å². The van der Waals surface area contributed by atoms with Gasteiger partial charge in [0.1, 0.15) is 5.82 Å². The van der Waals surface area contributed by atoms with Crippen LogP contribution in [0.2, 0.25) is 0 Å². The van der Waals surface area contributed by atoms with E-state index in [4.69, 9.17) is 0 Å². The summed E-state index contributed by atoms with van der Waals surface area (Å²) in [5.74, 6) is -0.822. The van der Waals surface area contributed by atoms with Gasteiger partial charge in [-0.3, -0.25) is 9.52 Å². The monoisotopic (exact) mass is 460 g/mol. The molecule has 0 saturated carbocycles. The number of benzene rings is 2. The van der Waals surface area contributed by atoms with Crippen LogP contribution in [0.4, 0.5) is 15.2 Å². The van der Waals surface area contributed by atoms with Crippen molar-refractivity contribution < 1.29 is 17.6 Å². The first-order chi connectivity index (χ1) is 14.8. The van der Waals surface area contributed by atoms with Crippen molar-refractivity contribution >= 4 is 38.1 Å². The molecule has 1 N–H and O–H groups in total. The van der Waals surface area contributed by atoms with Gasteiger partial charge in [0.25, 0.3) is 15.9 Å². The SMILES string of the molecule is Cc1ccc(F)c(C(=O)N2CCN(c3ccc(S(=O)(=O)Nc4nccs4)cc3)CC2)c1. The van der Waals surface area contributed by atoms with Crippen LogP contribution in [0.3, 0.4) is 0 Å². The highest BCUT2D eigenvalue weighted by Crippen LogP contribution is 2.23. The first-order valence-corrected chi connectivity index (χ1v) is 12.0. The van der Waals surface area contributed by atoms with Crippen molar-refractivity contribution in [3.8, 4) is 0 Å². The molecule has 0 unspecified atom stereocenters. The van der Waals surface area contributed by atoms with Gasteiger partial charge in [-0.15, -0.1) is 11.3 Å². The highest BCUT2D eigenvalue weighted by Gasteiger charge is 2.25. The van der Waals surface area contributed by atoms with Crippen molar-refractivity contribution in [1.82, 2.24) is 9.88 Å². The molecule has 1 amide bonds. The van der Waals surface area contributed by atoms with Crippen LogP contribution in [0.15, 0.2) is 58.9 Å². The van der Waals surface area contributed by atoms with Gasteiger partial charge in [-0.05, 0) is 43.3 Å². The molecule has 0 radical (unpaired) electrons. The zero-order chi connectivity index (χ0) is 22.0. The van der Waals surface area contributed by atoms with Crippen molar-refractivity contribution in [2.45, 2.75) is 11.8 Å². The number of thiazole rings is 1. The fourth-order valence-electron chi connectivity index (χ4n) is 3.42. The number of amides is 1. The average molecular weight is 461 g/mol. The van der Waals surface area contributed by atoms with Gasteiger partial charge in [-0.2, -0.15) is 0 Å². The molecule has 10 heteroatoms. The summed E-state index contributed by atoms with van der Waals surface area (Å²) in [6.07, 6.45) is 1.53. The van der Waals surface area contributed by atoms with Gasteiger partial charge in [0, 0.05) is 43.4 Å². The van der Waals surface area contributed by atoms with Crippen LogP contribution >= 0.6 is 11.3 Å². The van der Waals surface area contributed by atoms with E-state index in [2.05, 4.69) is 14.6 Å². The summed E-state index contributed by atoms with van der Waals surface area (Å²) < 4.78 is 41.4. The third kappa shape index (κ3) is 4.70. The fraction of sp³-hybridized carbons (Fsp3) is 0.238. The Kier molecular flexibility index (Phi) is 5.92. The second-order valence-corrected chi connectivity index (χ2v) is 9.78. The molecule has 1 aromatic heterocycles. The summed E-state index contributed by atoms with van der Waals surface area (Å²) in [4.78, 5) is 20.5. The van der Waals surface area contributed by atoms with Crippen molar-refractivity contribution in [2.75, 3.05) is 35.8 Å². The van der Waals surface area contributed by atoms with Crippen LogP contribution in [-0.2, 0) is 10.0 Å². The topological polar surface area (TPSA) is 82.6 Å². The number of rotatable bonds is 5. The van der Waals surface area contributed by atoms with Crippen LogP contribution < -0.4 is 9.62 Å². The lowest BCUT2D eigenvalue weighted by Crippen LogP contribution is -2.49. The van der Waals surface area contributed by atoms with E-state index in [1.807, 2.05) is 6.92 Å².